The van der Waals surface area contributed by atoms with Gasteiger partial charge >= 0.3 is 0 Å². The van der Waals surface area contributed by atoms with Crippen molar-refractivity contribution in [3.8, 4) is 23.6 Å². The van der Waals surface area contributed by atoms with Gasteiger partial charge in [-0.2, -0.15) is 10.5 Å². The van der Waals surface area contributed by atoms with E-state index in [9.17, 15) is 0 Å². The molecule has 0 saturated heterocycles. The molecule has 0 N–H and O–H groups in total. The van der Waals surface area contributed by atoms with Crippen LogP contribution in [0.2, 0.25) is 0 Å². The SMILES string of the molecule is CCOc1ccc(C=C(C#N)C#N)cc1OCC. The number of ether oxygens (including phenoxy) is 2. The van der Waals surface area contributed by atoms with Gasteiger partial charge in [0.1, 0.15) is 17.7 Å². The summed E-state index contributed by atoms with van der Waals surface area (Å²) in [5.74, 6) is 1.27. The van der Waals surface area contributed by atoms with Gasteiger partial charge in [0.15, 0.2) is 11.5 Å². The molecule has 18 heavy (non-hydrogen) atoms. The van der Waals surface area contributed by atoms with Crippen LogP contribution >= 0.6 is 0 Å². The highest BCUT2D eigenvalue weighted by Gasteiger charge is 2.05. The number of benzene rings is 1. The van der Waals surface area contributed by atoms with E-state index < -0.39 is 0 Å². The number of nitrogens with zero attached hydrogens (tertiary/aromatic N) is 2. The summed E-state index contributed by atoms with van der Waals surface area (Å²) >= 11 is 0. The molecule has 0 spiro atoms. The van der Waals surface area contributed by atoms with Crippen LogP contribution < -0.4 is 9.47 Å². The molecule has 1 rings (SSSR count). The lowest BCUT2D eigenvalue weighted by molar-refractivity contribution is 0.287. The zero-order valence-electron chi connectivity index (χ0n) is 10.4. The monoisotopic (exact) mass is 242 g/mol. The van der Waals surface area contributed by atoms with Crippen molar-refractivity contribution in [2.75, 3.05) is 13.2 Å². The second kappa shape index (κ2) is 6.98. The molecule has 4 heteroatoms. The number of nitriles is 2. The molecule has 92 valence electrons. The molecule has 0 aliphatic heterocycles. The summed E-state index contributed by atoms with van der Waals surface area (Å²) in [6.07, 6.45) is 1.51. The number of allylic oxidation sites excluding steroid dienone is 1. The van der Waals surface area contributed by atoms with Crippen LogP contribution in [0.25, 0.3) is 6.08 Å². The summed E-state index contributed by atoms with van der Waals surface area (Å²) in [6, 6.07) is 8.94. The summed E-state index contributed by atoms with van der Waals surface area (Å²) < 4.78 is 10.9. The zero-order chi connectivity index (χ0) is 13.4. The van der Waals surface area contributed by atoms with Gasteiger partial charge in [0, 0.05) is 0 Å². The van der Waals surface area contributed by atoms with Crippen LogP contribution in [0.1, 0.15) is 19.4 Å². The third-order valence-corrected chi connectivity index (χ3v) is 2.12. The molecule has 0 heterocycles. The van der Waals surface area contributed by atoms with Gasteiger partial charge < -0.3 is 9.47 Å². The Labute approximate surface area is 107 Å². The lowest BCUT2D eigenvalue weighted by atomic mass is 10.1. The molecule has 0 saturated carbocycles. The van der Waals surface area contributed by atoms with Crippen LogP contribution in [0.4, 0.5) is 0 Å². The fourth-order valence-electron chi connectivity index (χ4n) is 1.41. The predicted molar refractivity (Wildman–Crippen MR) is 68.0 cm³/mol. The van der Waals surface area contributed by atoms with Gasteiger partial charge in [0.25, 0.3) is 0 Å². The smallest absolute Gasteiger partial charge is 0.161 e. The Hall–Kier alpha value is -2.46. The quantitative estimate of drug-likeness (QED) is 0.744. The van der Waals surface area contributed by atoms with E-state index in [-0.39, 0.29) is 5.57 Å². The van der Waals surface area contributed by atoms with E-state index in [4.69, 9.17) is 20.0 Å². The van der Waals surface area contributed by atoms with Crippen LogP contribution in [-0.2, 0) is 0 Å². The third-order valence-electron chi connectivity index (χ3n) is 2.12. The van der Waals surface area contributed by atoms with Gasteiger partial charge in [0.2, 0.25) is 0 Å². The Bertz CT molecular complexity index is 506. The molecule has 1 aromatic carbocycles. The van der Waals surface area contributed by atoms with E-state index in [1.165, 1.54) is 6.08 Å². The Morgan fingerprint density at radius 2 is 1.72 bits per heavy atom. The lowest BCUT2D eigenvalue weighted by Crippen LogP contribution is -1.98. The first-order valence-corrected chi connectivity index (χ1v) is 5.66. The van der Waals surface area contributed by atoms with Gasteiger partial charge in [-0.1, -0.05) is 6.07 Å². The first-order chi connectivity index (χ1) is 8.74. The Morgan fingerprint density at radius 3 is 2.28 bits per heavy atom. The van der Waals surface area contributed by atoms with Crippen LogP contribution in [0, 0.1) is 22.7 Å². The maximum absolute atomic E-state index is 8.70. The summed E-state index contributed by atoms with van der Waals surface area (Å²) in [5, 5.41) is 17.4. The van der Waals surface area contributed by atoms with Gasteiger partial charge in [-0.3, -0.25) is 0 Å². The molecule has 0 atom stereocenters. The van der Waals surface area contributed by atoms with E-state index in [1.807, 2.05) is 26.0 Å². The predicted octanol–water partition coefficient (Wildman–Crippen LogP) is 2.91. The molecule has 0 aliphatic rings. The molecule has 0 fully saturated rings. The molecule has 0 radical (unpaired) electrons. The van der Waals surface area contributed by atoms with E-state index in [0.29, 0.717) is 24.7 Å². The molecular formula is C14H14N2O2. The largest absolute Gasteiger partial charge is 0.490 e. The normalized spacial score (nSPS) is 8.89. The maximum atomic E-state index is 8.70. The summed E-state index contributed by atoms with van der Waals surface area (Å²) in [7, 11) is 0. The summed E-state index contributed by atoms with van der Waals surface area (Å²) in [5.41, 5.74) is 0.793. The Balaban J connectivity index is 3.11. The van der Waals surface area contributed by atoms with Crippen LogP contribution in [-0.4, -0.2) is 13.2 Å². The maximum Gasteiger partial charge on any atom is 0.161 e. The Kier molecular flexibility index (Phi) is 5.28. The Morgan fingerprint density at radius 1 is 1.11 bits per heavy atom. The first kappa shape index (κ1) is 13.6. The summed E-state index contributed by atoms with van der Waals surface area (Å²) in [6.45, 7) is 4.86. The minimum atomic E-state index is 0.0570. The van der Waals surface area contributed by atoms with Gasteiger partial charge in [-0.25, -0.2) is 0 Å². The summed E-state index contributed by atoms with van der Waals surface area (Å²) in [4.78, 5) is 0. The molecular weight excluding hydrogens is 228 g/mol. The highest BCUT2D eigenvalue weighted by molar-refractivity contribution is 5.64. The second-order valence-electron chi connectivity index (χ2n) is 3.35. The average molecular weight is 242 g/mol. The van der Waals surface area contributed by atoms with Crippen molar-refractivity contribution < 1.29 is 9.47 Å². The van der Waals surface area contributed by atoms with Crippen LogP contribution in [0.15, 0.2) is 23.8 Å². The average Bonchev–Trinajstić information content (AvgIpc) is 2.39. The molecule has 0 unspecified atom stereocenters. The van der Waals surface area contributed by atoms with E-state index in [0.717, 1.165) is 5.56 Å². The topological polar surface area (TPSA) is 66.0 Å². The van der Waals surface area contributed by atoms with E-state index >= 15 is 0 Å². The molecule has 4 nitrogen and oxygen atoms in total. The third kappa shape index (κ3) is 3.54. The van der Waals surface area contributed by atoms with Gasteiger partial charge in [-0.15, -0.1) is 0 Å². The molecule has 0 aliphatic carbocycles. The standard InChI is InChI=1S/C14H14N2O2/c1-3-17-13-6-5-11(7-12(9-15)10-16)8-14(13)18-4-2/h5-8H,3-4H2,1-2H3. The lowest BCUT2D eigenvalue weighted by Gasteiger charge is -2.11. The van der Waals surface area contributed by atoms with Crippen molar-refractivity contribution in [1.82, 2.24) is 0 Å². The molecule has 1 aromatic rings. The van der Waals surface area contributed by atoms with Crippen molar-refractivity contribution in [3.63, 3.8) is 0 Å². The van der Waals surface area contributed by atoms with E-state index in [1.54, 1.807) is 18.2 Å². The minimum Gasteiger partial charge on any atom is -0.490 e. The van der Waals surface area contributed by atoms with E-state index in [2.05, 4.69) is 0 Å². The number of hydrogen-bond acceptors (Lipinski definition) is 4. The number of hydrogen-bond donors (Lipinski definition) is 0. The van der Waals surface area contributed by atoms with Crippen LogP contribution in [0.5, 0.6) is 11.5 Å². The van der Waals surface area contributed by atoms with Crippen molar-refractivity contribution in [2.24, 2.45) is 0 Å². The van der Waals surface area contributed by atoms with Crippen molar-refractivity contribution in [3.05, 3.63) is 29.3 Å². The fraction of sp³-hybridized carbons (Fsp3) is 0.286. The fourth-order valence-corrected chi connectivity index (χ4v) is 1.41. The van der Waals surface area contributed by atoms with Crippen molar-refractivity contribution in [2.45, 2.75) is 13.8 Å². The number of rotatable bonds is 5. The molecule has 0 bridgehead atoms. The zero-order valence-corrected chi connectivity index (χ0v) is 10.4. The molecule has 0 aromatic heterocycles. The minimum absolute atomic E-state index is 0.0570. The van der Waals surface area contributed by atoms with Crippen molar-refractivity contribution >= 4 is 6.08 Å². The highest BCUT2D eigenvalue weighted by Crippen LogP contribution is 2.29. The van der Waals surface area contributed by atoms with Crippen molar-refractivity contribution in [1.29, 1.82) is 10.5 Å². The van der Waals surface area contributed by atoms with Gasteiger partial charge in [-0.05, 0) is 37.6 Å². The van der Waals surface area contributed by atoms with Crippen LogP contribution in [0.3, 0.4) is 0 Å². The molecule has 0 amide bonds. The second-order valence-corrected chi connectivity index (χ2v) is 3.35. The van der Waals surface area contributed by atoms with Gasteiger partial charge in [0.05, 0.1) is 13.2 Å². The highest BCUT2D eigenvalue weighted by atomic mass is 16.5. The first-order valence-electron chi connectivity index (χ1n) is 5.66.